The molecular weight excluding hydrogens is 336 g/mol. The summed E-state index contributed by atoms with van der Waals surface area (Å²) in [6.45, 7) is 4.03. The lowest BCUT2D eigenvalue weighted by Crippen LogP contribution is -2.30. The van der Waals surface area contributed by atoms with Crippen molar-refractivity contribution in [1.82, 2.24) is 5.32 Å². The van der Waals surface area contributed by atoms with Crippen molar-refractivity contribution >= 4 is 23.6 Å². The molecule has 0 aliphatic rings. The first-order valence-corrected chi connectivity index (χ1v) is 8.26. The van der Waals surface area contributed by atoms with Gasteiger partial charge in [-0.25, -0.2) is 0 Å². The highest BCUT2D eigenvalue weighted by atomic mass is 35.5. The Labute approximate surface area is 152 Å². The lowest BCUT2D eigenvalue weighted by Gasteiger charge is -2.09. The van der Waals surface area contributed by atoms with E-state index in [1.807, 2.05) is 62.4 Å². The molecule has 1 N–H and O–H groups in total. The maximum atomic E-state index is 12.0. The molecule has 4 nitrogen and oxygen atoms in total. The van der Waals surface area contributed by atoms with Crippen molar-refractivity contribution in [2.24, 2.45) is 0 Å². The monoisotopic (exact) mass is 354 g/mol. The molecule has 0 aliphatic carbocycles. The molecule has 0 spiro atoms. The molecule has 0 unspecified atom stereocenters. The number of nitriles is 1. The third kappa shape index (κ3) is 5.66. The van der Waals surface area contributed by atoms with E-state index in [1.54, 1.807) is 12.1 Å². The second-order valence-electron chi connectivity index (χ2n) is 5.75. The number of hydrogen-bond acceptors (Lipinski definition) is 3. The van der Waals surface area contributed by atoms with E-state index in [0.29, 0.717) is 22.9 Å². The third-order valence-corrected chi connectivity index (χ3v) is 3.67. The second kappa shape index (κ2) is 8.91. The fraction of sp³-hybridized carbons (Fsp3) is 0.200. The SMILES string of the molecule is CC(C)NC(=O)/C(C#N)=C/c1cccc(OCc2ccccc2Cl)c1. The van der Waals surface area contributed by atoms with Gasteiger partial charge in [-0.3, -0.25) is 4.79 Å². The van der Waals surface area contributed by atoms with Gasteiger partial charge in [0.15, 0.2) is 0 Å². The number of nitrogens with one attached hydrogen (secondary N) is 1. The molecule has 1 amide bonds. The minimum absolute atomic E-state index is 0.0328. The quantitative estimate of drug-likeness (QED) is 0.619. The van der Waals surface area contributed by atoms with Gasteiger partial charge in [-0.05, 0) is 43.7 Å². The Morgan fingerprint density at radius 3 is 2.72 bits per heavy atom. The zero-order valence-corrected chi connectivity index (χ0v) is 14.9. The lowest BCUT2D eigenvalue weighted by molar-refractivity contribution is -0.117. The van der Waals surface area contributed by atoms with Crippen molar-refractivity contribution in [3.8, 4) is 11.8 Å². The standard InChI is InChI=1S/C20H19ClN2O2/c1-14(2)23-20(24)17(12-22)10-15-6-5-8-18(11-15)25-13-16-7-3-4-9-19(16)21/h3-11,14H,13H2,1-2H3,(H,23,24)/b17-10+. The molecule has 128 valence electrons. The summed E-state index contributed by atoms with van der Waals surface area (Å²) in [6.07, 6.45) is 1.54. The molecular formula is C20H19ClN2O2. The van der Waals surface area contributed by atoms with Crippen LogP contribution >= 0.6 is 11.6 Å². The number of carbonyl (C=O) groups is 1. The number of benzene rings is 2. The van der Waals surface area contributed by atoms with Crippen LogP contribution in [0.4, 0.5) is 0 Å². The topological polar surface area (TPSA) is 62.1 Å². The van der Waals surface area contributed by atoms with Gasteiger partial charge >= 0.3 is 0 Å². The fourth-order valence-corrected chi connectivity index (χ4v) is 2.32. The second-order valence-corrected chi connectivity index (χ2v) is 6.16. The first-order chi connectivity index (χ1) is 12.0. The Morgan fingerprint density at radius 1 is 1.28 bits per heavy atom. The number of rotatable bonds is 6. The van der Waals surface area contributed by atoms with Gasteiger partial charge < -0.3 is 10.1 Å². The summed E-state index contributed by atoms with van der Waals surface area (Å²) >= 11 is 6.12. The van der Waals surface area contributed by atoms with Crippen LogP contribution in [0, 0.1) is 11.3 Å². The number of carbonyl (C=O) groups excluding carboxylic acids is 1. The molecule has 0 radical (unpaired) electrons. The molecule has 0 heterocycles. The highest BCUT2D eigenvalue weighted by molar-refractivity contribution is 6.31. The molecule has 0 atom stereocenters. The zero-order chi connectivity index (χ0) is 18.2. The number of amides is 1. The van der Waals surface area contributed by atoms with Crippen molar-refractivity contribution in [1.29, 1.82) is 5.26 Å². The van der Waals surface area contributed by atoms with E-state index < -0.39 is 0 Å². The minimum atomic E-state index is -0.389. The highest BCUT2D eigenvalue weighted by Gasteiger charge is 2.10. The number of halogens is 1. The van der Waals surface area contributed by atoms with Crippen LogP contribution in [0.25, 0.3) is 6.08 Å². The average molecular weight is 355 g/mol. The Morgan fingerprint density at radius 2 is 2.04 bits per heavy atom. The normalized spacial score (nSPS) is 11.1. The van der Waals surface area contributed by atoms with Crippen LogP contribution in [0.1, 0.15) is 25.0 Å². The van der Waals surface area contributed by atoms with Crippen LogP contribution in [0.3, 0.4) is 0 Å². The van der Waals surface area contributed by atoms with Crippen LogP contribution in [0.2, 0.25) is 5.02 Å². The number of nitrogens with zero attached hydrogens (tertiary/aromatic N) is 1. The first-order valence-electron chi connectivity index (χ1n) is 7.88. The van der Waals surface area contributed by atoms with Crippen molar-refractivity contribution in [2.75, 3.05) is 0 Å². The van der Waals surface area contributed by atoms with E-state index in [-0.39, 0.29) is 17.5 Å². The number of ether oxygens (including phenoxy) is 1. The molecule has 2 aromatic rings. The van der Waals surface area contributed by atoms with Gasteiger partial charge in [0, 0.05) is 16.6 Å². The summed E-state index contributed by atoms with van der Waals surface area (Å²) in [6, 6.07) is 16.6. The lowest BCUT2D eigenvalue weighted by atomic mass is 10.1. The predicted molar refractivity (Wildman–Crippen MR) is 99.1 cm³/mol. The van der Waals surface area contributed by atoms with E-state index in [0.717, 1.165) is 5.56 Å². The van der Waals surface area contributed by atoms with Gasteiger partial charge in [0.1, 0.15) is 24.0 Å². The molecule has 0 aliphatic heterocycles. The van der Waals surface area contributed by atoms with E-state index in [2.05, 4.69) is 5.32 Å². The summed E-state index contributed by atoms with van der Waals surface area (Å²) in [5, 5.41) is 12.6. The van der Waals surface area contributed by atoms with E-state index in [9.17, 15) is 10.1 Å². The zero-order valence-electron chi connectivity index (χ0n) is 14.1. The molecule has 0 saturated heterocycles. The maximum absolute atomic E-state index is 12.0. The molecule has 5 heteroatoms. The summed E-state index contributed by atoms with van der Waals surface area (Å²) in [5.41, 5.74) is 1.66. The maximum Gasteiger partial charge on any atom is 0.262 e. The molecule has 0 fully saturated rings. The van der Waals surface area contributed by atoms with E-state index in [1.165, 1.54) is 0 Å². The van der Waals surface area contributed by atoms with Crippen LogP contribution in [-0.2, 0) is 11.4 Å². The Balaban J connectivity index is 2.12. The average Bonchev–Trinajstić information content (AvgIpc) is 2.58. The smallest absolute Gasteiger partial charge is 0.262 e. The van der Waals surface area contributed by atoms with Crippen LogP contribution < -0.4 is 10.1 Å². The largest absolute Gasteiger partial charge is 0.489 e. The molecule has 25 heavy (non-hydrogen) atoms. The van der Waals surface area contributed by atoms with Gasteiger partial charge in [-0.2, -0.15) is 5.26 Å². The van der Waals surface area contributed by atoms with Gasteiger partial charge in [0.2, 0.25) is 0 Å². The summed E-state index contributed by atoms with van der Waals surface area (Å²) in [7, 11) is 0. The minimum Gasteiger partial charge on any atom is -0.489 e. The van der Waals surface area contributed by atoms with Crippen LogP contribution in [0.5, 0.6) is 5.75 Å². The van der Waals surface area contributed by atoms with Gasteiger partial charge in [-0.15, -0.1) is 0 Å². The first kappa shape index (κ1) is 18.6. The summed E-state index contributed by atoms with van der Waals surface area (Å²) in [5.74, 6) is 0.245. The van der Waals surface area contributed by atoms with Crippen molar-refractivity contribution in [3.63, 3.8) is 0 Å². The summed E-state index contributed by atoms with van der Waals surface area (Å²) in [4.78, 5) is 12.0. The molecule has 0 aromatic heterocycles. The Bertz CT molecular complexity index is 822. The van der Waals surface area contributed by atoms with Crippen molar-refractivity contribution < 1.29 is 9.53 Å². The molecule has 0 saturated carbocycles. The van der Waals surface area contributed by atoms with Crippen molar-refractivity contribution in [3.05, 3.63) is 70.3 Å². The van der Waals surface area contributed by atoms with E-state index in [4.69, 9.17) is 16.3 Å². The van der Waals surface area contributed by atoms with Gasteiger partial charge in [-0.1, -0.05) is 41.9 Å². The summed E-state index contributed by atoms with van der Waals surface area (Å²) < 4.78 is 5.76. The fourth-order valence-electron chi connectivity index (χ4n) is 2.13. The van der Waals surface area contributed by atoms with Crippen molar-refractivity contribution in [2.45, 2.75) is 26.5 Å². The Kier molecular flexibility index (Phi) is 6.62. The molecule has 2 aromatic carbocycles. The van der Waals surface area contributed by atoms with E-state index >= 15 is 0 Å². The highest BCUT2D eigenvalue weighted by Crippen LogP contribution is 2.20. The predicted octanol–water partition coefficient (Wildman–Crippen LogP) is 4.35. The van der Waals surface area contributed by atoms with Crippen LogP contribution in [-0.4, -0.2) is 11.9 Å². The molecule has 2 rings (SSSR count). The van der Waals surface area contributed by atoms with Gasteiger partial charge in [0.05, 0.1) is 0 Å². The number of hydrogen-bond donors (Lipinski definition) is 1. The third-order valence-electron chi connectivity index (χ3n) is 3.31. The van der Waals surface area contributed by atoms with Crippen LogP contribution in [0.15, 0.2) is 54.1 Å². The van der Waals surface area contributed by atoms with Gasteiger partial charge in [0.25, 0.3) is 5.91 Å². The Hall–Kier alpha value is -2.77. The molecule has 0 bridgehead atoms.